The van der Waals surface area contributed by atoms with Crippen molar-refractivity contribution >= 4 is 17.3 Å². The molecule has 1 heterocycles. The number of aryl methyl sites for hydroxylation is 1. The third-order valence-electron chi connectivity index (χ3n) is 4.49. The largest absolute Gasteiger partial charge is 0.506 e. The summed E-state index contributed by atoms with van der Waals surface area (Å²) >= 11 is 0. The lowest BCUT2D eigenvalue weighted by molar-refractivity contribution is -0.384. The van der Waals surface area contributed by atoms with Gasteiger partial charge in [0.05, 0.1) is 16.7 Å². The highest BCUT2D eigenvalue weighted by molar-refractivity contribution is 6.03. The number of ether oxygens (including phenoxy) is 1. The van der Waals surface area contributed by atoms with Gasteiger partial charge in [-0.1, -0.05) is 26.0 Å². The summed E-state index contributed by atoms with van der Waals surface area (Å²) in [4.78, 5) is 22.5. The number of nitrogens with zero attached hydrogens (tertiary/aromatic N) is 1. The molecular weight excluding hydrogens is 388 g/mol. The van der Waals surface area contributed by atoms with Gasteiger partial charge >= 0.3 is 0 Å². The maximum Gasteiger partial charge on any atom is 0.291 e. The van der Waals surface area contributed by atoms with Gasteiger partial charge in [-0.15, -0.1) is 0 Å². The summed E-state index contributed by atoms with van der Waals surface area (Å²) in [6, 6.07) is 12.6. The van der Waals surface area contributed by atoms with Crippen molar-refractivity contribution in [2.75, 3.05) is 5.32 Å². The van der Waals surface area contributed by atoms with Crippen molar-refractivity contribution in [1.82, 2.24) is 0 Å². The first kappa shape index (κ1) is 20.9. The molecule has 2 aromatic carbocycles. The number of non-ortho nitro benzene ring substituents is 1. The van der Waals surface area contributed by atoms with Crippen LogP contribution in [0.3, 0.4) is 0 Å². The van der Waals surface area contributed by atoms with Crippen molar-refractivity contribution in [2.45, 2.75) is 33.3 Å². The van der Waals surface area contributed by atoms with Gasteiger partial charge in [0, 0.05) is 6.07 Å². The molecule has 156 valence electrons. The van der Waals surface area contributed by atoms with Gasteiger partial charge in [-0.3, -0.25) is 14.9 Å². The van der Waals surface area contributed by atoms with Crippen LogP contribution in [0.5, 0.6) is 11.5 Å². The van der Waals surface area contributed by atoms with Crippen LogP contribution >= 0.6 is 0 Å². The molecule has 0 fully saturated rings. The van der Waals surface area contributed by atoms with Crippen LogP contribution in [0.1, 0.15) is 47.2 Å². The lowest BCUT2D eigenvalue weighted by Gasteiger charge is -2.14. The topological polar surface area (TPSA) is 115 Å². The maximum atomic E-state index is 12.4. The van der Waals surface area contributed by atoms with E-state index in [0.29, 0.717) is 11.7 Å². The number of carbonyl (C=O) groups is 1. The van der Waals surface area contributed by atoms with Crippen LogP contribution in [0.2, 0.25) is 0 Å². The number of benzene rings is 2. The second-order valence-electron chi connectivity index (χ2n) is 7.16. The van der Waals surface area contributed by atoms with Crippen molar-refractivity contribution in [1.29, 1.82) is 0 Å². The zero-order chi connectivity index (χ0) is 21.8. The molecule has 1 aromatic heterocycles. The van der Waals surface area contributed by atoms with E-state index in [9.17, 15) is 20.0 Å². The molecule has 0 aliphatic heterocycles. The molecular formula is C22H22N2O6. The number of amides is 1. The smallest absolute Gasteiger partial charge is 0.291 e. The lowest BCUT2D eigenvalue weighted by Crippen LogP contribution is -2.11. The number of rotatable bonds is 7. The number of phenolic OH excluding ortho intramolecular Hbond substituents is 1. The first-order valence-corrected chi connectivity index (χ1v) is 9.35. The molecule has 0 spiro atoms. The Kier molecular flexibility index (Phi) is 6.06. The molecule has 2 N–H and O–H groups in total. The molecule has 8 nitrogen and oxygen atoms in total. The lowest BCUT2D eigenvalue weighted by atomic mass is 10.0. The van der Waals surface area contributed by atoms with E-state index in [4.69, 9.17) is 9.15 Å². The Balaban J connectivity index is 1.67. The van der Waals surface area contributed by atoms with E-state index in [1.165, 1.54) is 18.2 Å². The summed E-state index contributed by atoms with van der Waals surface area (Å²) in [6.45, 7) is 6.31. The molecule has 0 saturated carbocycles. The minimum Gasteiger partial charge on any atom is -0.506 e. The summed E-state index contributed by atoms with van der Waals surface area (Å²) in [5.41, 5.74) is 1.93. The quantitative estimate of drug-likeness (QED) is 0.316. The van der Waals surface area contributed by atoms with Crippen molar-refractivity contribution in [3.8, 4) is 11.5 Å². The standard InChI is InChI=1S/C22H22N2O6/c1-13(2)17-7-4-14(3)10-21(17)29-12-16-6-9-20(30-16)22(26)23-18-8-5-15(24(27)28)11-19(18)25/h4-11,13,25H,12H2,1-3H3,(H,23,26). The number of furan rings is 1. The molecule has 0 aliphatic carbocycles. The van der Waals surface area contributed by atoms with E-state index in [0.717, 1.165) is 22.9 Å². The van der Waals surface area contributed by atoms with Gasteiger partial charge in [0.1, 0.15) is 23.9 Å². The van der Waals surface area contributed by atoms with E-state index < -0.39 is 16.6 Å². The number of nitrogens with one attached hydrogen (secondary N) is 1. The van der Waals surface area contributed by atoms with Gasteiger partial charge in [-0.05, 0) is 48.2 Å². The number of phenols is 1. The number of hydrogen-bond acceptors (Lipinski definition) is 6. The minimum atomic E-state index is -0.636. The average molecular weight is 410 g/mol. The first-order valence-electron chi connectivity index (χ1n) is 9.35. The highest BCUT2D eigenvalue weighted by Gasteiger charge is 2.16. The Morgan fingerprint density at radius 1 is 1.20 bits per heavy atom. The second-order valence-corrected chi connectivity index (χ2v) is 7.16. The van der Waals surface area contributed by atoms with Crippen LogP contribution in [0.4, 0.5) is 11.4 Å². The normalized spacial score (nSPS) is 10.8. The Labute approximate surface area is 173 Å². The van der Waals surface area contributed by atoms with E-state index in [1.807, 2.05) is 25.1 Å². The number of anilines is 1. The first-order chi connectivity index (χ1) is 14.2. The molecule has 3 rings (SSSR count). The molecule has 1 amide bonds. The molecule has 0 bridgehead atoms. The monoisotopic (exact) mass is 410 g/mol. The van der Waals surface area contributed by atoms with Gasteiger partial charge < -0.3 is 19.6 Å². The summed E-state index contributed by atoms with van der Waals surface area (Å²) in [5.74, 6) is 0.553. The molecule has 3 aromatic rings. The van der Waals surface area contributed by atoms with Gasteiger partial charge in [-0.25, -0.2) is 0 Å². The van der Waals surface area contributed by atoms with Crippen molar-refractivity contribution in [2.24, 2.45) is 0 Å². The van der Waals surface area contributed by atoms with Gasteiger partial charge in [-0.2, -0.15) is 0 Å². The number of aromatic hydroxyl groups is 1. The Morgan fingerprint density at radius 2 is 1.97 bits per heavy atom. The summed E-state index contributed by atoms with van der Waals surface area (Å²) < 4.78 is 11.4. The fourth-order valence-electron chi connectivity index (χ4n) is 2.89. The second kappa shape index (κ2) is 8.69. The number of hydrogen-bond donors (Lipinski definition) is 2. The Hall–Kier alpha value is -3.81. The predicted octanol–water partition coefficient (Wildman–Crippen LogP) is 5.16. The van der Waals surface area contributed by atoms with E-state index in [1.54, 1.807) is 6.07 Å². The highest BCUT2D eigenvalue weighted by Crippen LogP contribution is 2.30. The molecule has 8 heteroatoms. The molecule has 0 saturated heterocycles. The third-order valence-corrected chi connectivity index (χ3v) is 4.49. The van der Waals surface area contributed by atoms with E-state index >= 15 is 0 Å². The molecule has 0 radical (unpaired) electrons. The highest BCUT2D eigenvalue weighted by atomic mass is 16.6. The van der Waals surface area contributed by atoms with Crippen molar-refractivity contribution in [3.05, 3.63) is 81.3 Å². The van der Waals surface area contributed by atoms with Crippen LogP contribution in [-0.4, -0.2) is 15.9 Å². The van der Waals surface area contributed by atoms with Crippen LogP contribution in [0.15, 0.2) is 52.9 Å². The van der Waals surface area contributed by atoms with Crippen molar-refractivity contribution in [3.63, 3.8) is 0 Å². The Morgan fingerprint density at radius 3 is 2.63 bits per heavy atom. The molecule has 0 aliphatic rings. The van der Waals surface area contributed by atoms with Crippen LogP contribution < -0.4 is 10.1 Å². The fourth-order valence-corrected chi connectivity index (χ4v) is 2.89. The Bertz CT molecular complexity index is 1090. The molecule has 30 heavy (non-hydrogen) atoms. The molecule has 0 atom stereocenters. The third kappa shape index (κ3) is 4.78. The number of carbonyl (C=O) groups excluding carboxylic acids is 1. The van der Waals surface area contributed by atoms with E-state index in [-0.39, 0.29) is 23.7 Å². The summed E-state index contributed by atoms with van der Waals surface area (Å²) in [5, 5.41) is 23.1. The number of nitro groups is 1. The van der Waals surface area contributed by atoms with Crippen LogP contribution in [0, 0.1) is 17.0 Å². The van der Waals surface area contributed by atoms with Gasteiger partial charge in [0.15, 0.2) is 5.76 Å². The van der Waals surface area contributed by atoms with Crippen LogP contribution in [-0.2, 0) is 6.61 Å². The zero-order valence-electron chi connectivity index (χ0n) is 16.8. The summed E-state index contributed by atoms with van der Waals surface area (Å²) in [6.07, 6.45) is 0. The minimum absolute atomic E-state index is 0.0275. The van der Waals surface area contributed by atoms with Gasteiger partial charge in [0.25, 0.3) is 11.6 Å². The fraction of sp³-hybridized carbons (Fsp3) is 0.227. The predicted molar refractivity (Wildman–Crippen MR) is 111 cm³/mol. The van der Waals surface area contributed by atoms with Crippen LogP contribution in [0.25, 0.3) is 0 Å². The van der Waals surface area contributed by atoms with Gasteiger partial charge in [0.2, 0.25) is 0 Å². The molecule has 0 unspecified atom stereocenters. The average Bonchev–Trinajstić information content (AvgIpc) is 3.16. The zero-order valence-corrected chi connectivity index (χ0v) is 16.8. The maximum absolute atomic E-state index is 12.4. The SMILES string of the molecule is Cc1ccc(C(C)C)c(OCc2ccc(C(=O)Nc3ccc([N+](=O)[O-])cc3O)o2)c1. The van der Waals surface area contributed by atoms with Crippen molar-refractivity contribution < 1.29 is 24.0 Å². The summed E-state index contributed by atoms with van der Waals surface area (Å²) in [7, 11) is 0. The van der Waals surface area contributed by atoms with E-state index in [2.05, 4.69) is 19.2 Å². The number of nitro benzene ring substituents is 1.